The molecule has 0 unspecified atom stereocenters. The number of ether oxygens (including phenoxy) is 2. The molecule has 3 rings (SSSR count). The third kappa shape index (κ3) is 7.26. The zero-order valence-corrected chi connectivity index (χ0v) is 17.5. The minimum atomic E-state index is -4.72. The van der Waals surface area contributed by atoms with Crippen molar-refractivity contribution >= 4 is 24.8 Å². The summed E-state index contributed by atoms with van der Waals surface area (Å²) in [6.45, 7) is 2.15. The van der Waals surface area contributed by atoms with Crippen LogP contribution in [-0.4, -0.2) is 32.6 Å². The van der Waals surface area contributed by atoms with E-state index in [-0.39, 0.29) is 36.6 Å². The van der Waals surface area contributed by atoms with E-state index in [4.69, 9.17) is 4.74 Å². The molecule has 1 aliphatic heterocycles. The van der Waals surface area contributed by atoms with Gasteiger partial charge in [-0.05, 0) is 36.7 Å². The number of methoxy groups -OCH3 is 1. The van der Waals surface area contributed by atoms with Crippen molar-refractivity contribution in [2.45, 2.75) is 31.3 Å². The summed E-state index contributed by atoms with van der Waals surface area (Å²) < 4.78 is 46.8. The lowest BCUT2D eigenvalue weighted by molar-refractivity contribution is -0.274. The molecule has 0 spiro atoms. The van der Waals surface area contributed by atoms with Crippen molar-refractivity contribution in [1.29, 1.82) is 0 Å². The number of hydrogen-bond donors (Lipinski definition) is 2. The molecule has 29 heavy (non-hydrogen) atoms. The molecule has 1 heterocycles. The van der Waals surface area contributed by atoms with Gasteiger partial charge in [-0.2, -0.15) is 0 Å². The van der Waals surface area contributed by atoms with Crippen LogP contribution in [0.1, 0.15) is 23.5 Å². The molecule has 0 saturated carbocycles. The third-order valence-electron chi connectivity index (χ3n) is 4.75. The van der Waals surface area contributed by atoms with E-state index in [0.717, 1.165) is 19.5 Å². The minimum Gasteiger partial charge on any atom is -0.496 e. The Bertz CT molecular complexity index is 748. The van der Waals surface area contributed by atoms with Gasteiger partial charge in [0.15, 0.2) is 0 Å². The van der Waals surface area contributed by atoms with E-state index in [9.17, 15) is 13.2 Å². The second kappa shape index (κ2) is 11.5. The molecule has 2 N–H and O–H groups in total. The maximum absolute atomic E-state index is 12.5. The molecule has 2 aromatic rings. The monoisotopic (exact) mass is 452 g/mol. The molecule has 4 nitrogen and oxygen atoms in total. The Morgan fingerprint density at radius 1 is 1.10 bits per heavy atom. The van der Waals surface area contributed by atoms with Gasteiger partial charge in [-0.15, -0.1) is 38.0 Å². The maximum atomic E-state index is 12.5. The van der Waals surface area contributed by atoms with Crippen molar-refractivity contribution < 1.29 is 22.6 Å². The van der Waals surface area contributed by atoms with E-state index in [1.54, 1.807) is 0 Å². The van der Waals surface area contributed by atoms with Crippen molar-refractivity contribution in [3.63, 3.8) is 0 Å². The van der Waals surface area contributed by atoms with Crippen molar-refractivity contribution in [2.75, 3.05) is 20.2 Å². The Morgan fingerprint density at radius 2 is 1.83 bits per heavy atom. The van der Waals surface area contributed by atoms with Crippen LogP contribution in [0.15, 0.2) is 48.5 Å². The first kappa shape index (κ1) is 25.4. The topological polar surface area (TPSA) is 42.5 Å². The van der Waals surface area contributed by atoms with Crippen LogP contribution in [-0.2, 0) is 6.54 Å². The number of alkyl halides is 3. The standard InChI is InChI=1S/C20H23F3N2O2.2ClH/c1-26-19-8-7-16(27-20(21,22)23)11-15(19)12-25-18-9-10-24-13-17(18)14-5-3-2-4-6-14;;/h2-8,11,17-18,24-25H,9-10,12-13H2,1H3;2*1H/t17-,18-;;/m0../s1. The van der Waals surface area contributed by atoms with Gasteiger partial charge in [0.05, 0.1) is 7.11 Å². The molecule has 0 radical (unpaired) electrons. The first-order chi connectivity index (χ1) is 13.0. The fraction of sp³-hybridized carbons (Fsp3) is 0.400. The SMILES string of the molecule is COc1ccc(OC(F)(F)F)cc1CN[C@H]1CCNC[C@H]1c1ccccc1.Cl.Cl. The predicted molar refractivity (Wildman–Crippen MR) is 111 cm³/mol. The van der Waals surface area contributed by atoms with Crippen LogP contribution in [0.5, 0.6) is 11.5 Å². The summed E-state index contributed by atoms with van der Waals surface area (Å²) >= 11 is 0. The Hall–Kier alpha value is -1.67. The van der Waals surface area contributed by atoms with Crippen molar-refractivity contribution in [3.05, 3.63) is 59.7 Å². The summed E-state index contributed by atoms with van der Waals surface area (Å²) in [5, 5.41) is 6.90. The lowest BCUT2D eigenvalue weighted by Gasteiger charge is -2.33. The molecule has 1 aliphatic rings. The van der Waals surface area contributed by atoms with E-state index >= 15 is 0 Å². The number of rotatable bonds is 6. The maximum Gasteiger partial charge on any atom is 0.573 e. The Labute approximate surface area is 181 Å². The highest BCUT2D eigenvalue weighted by Crippen LogP contribution is 2.29. The average Bonchev–Trinajstić information content (AvgIpc) is 2.66. The molecule has 0 bridgehead atoms. The lowest BCUT2D eigenvalue weighted by Crippen LogP contribution is -2.45. The zero-order chi connectivity index (χ0) is 19.3. The smallest absolute Gasteiger partial charge is 0.496 e. The molecule has 9 heteroatoms. The Kier molecular flexibility index (Phi) is 10.1. The first-order valence-corrected chi connectivity index (χ1v) is 8.88. The molecule has 0 amide bonds. The van der Waals surface area contributed by atoms with Gasteiger partial charge in [-0.25, -0.2) is 0 Å². The lowest BCUT2D eigenvalue weighted by atomic mass is 9.87. The molecular weight excluding hydrogens is 428 g/mol. The number of benzene rings is 2. The predicted octanol–water partition coefficient (Wildman–Crippen LogP) is 4.67. The largest absolute Gasteiger partial charge is 0.573 e. The van der Waals surface area contributed by atoms with Crippen LogP contribution >= 0.6 is 24.8 Å². The number of nitrogens with one attached hydrogen (secondary N) is 2. The van der Waals surface area contributed by atoms with Gasteiger partial charge < -0.3 is 20.1 Å². The number of halogens is 5. The van der Waals surface area contributed by atoms with Gasteiger partial charge in [0.2, 0.25) is 0 Å². The highest BCUT2D eigenvalue weighted by molar-refractivity contribution is 5.85. The number of piperidine rings is 1. The van der Waals surface area contributed by atoms with Crippen LogP contribution in [0.25, 0.3) is 0 Å². The average molecular weight is 453 g/mol. The van der Waals surface area contributed by atoms with E-state index in [2.05, 4.69) is 27.5 Å². The second-order valence-electron chi connectivity index (χ2n) is 6.52. The summed E-state index contributed by atoms with van der Waals surface area (Å²) in [5.74, 6) is 0.577. The molecular formula is C20H25Cl2F3N2O2. The molecule has 0 aromatic heterocycles. The van der Waals surface area contributed by atoms with Crippen LogP contribution < -0.4 is 20.1 Å². The van der Waals surface area contributed by atoms with Crippen LogP contribution in [0.2, 0.25) is 0 Å². The van der Waals surface area contributed by atoms with E-state index in [0.29, 0.717) is 23.8 Å². The quantitative estimate of drug-likeness (QED) is 0.667. The van der Waals surface area contributed by atoms with Crippen LogP contribution in [0.4, 0.5) is 13.2 Å². The highest BCUT2D eigenvalue weighted by atomic mass is 35.5. The van der Waals surface area contributed by atoms with E-state index in [1.807, 2.05) is 18.2 Å². The normalized spacial score (nSPS) is 18.9. The second-order valence-corrected chi connectivity index (χ2v) is 6.52. The van der Waals surface area contributed by atoms with Crippen LogP contribution in [0, 0.1) is 0 Å². The summed E-state index contributed by atoms with van der Waals surface area (Å²) in [4.78, 5) is 0. The Balaban J connectivity index is 0.00000210. The van der Waals surface area contributed by atoms with Gasteiger partial charge >= 0.3 is 6.36 Å². The zero-order valence-electron chi connectivity index (χ0n) is 15.9. The molecule has 1 fully saturated rings. The molecule has 2 atom stereocenters. The number of hydrogen-bond acceptors (Lipinski definition) is 4. The van der Waals surface area contributed by atoms with Crippen LogP contribution in [0.3, 0.4) is 0 Å². The van der Waals surface area contributed by atoms with Crippen molar-refractivity contribution in [3.8, 4) is 11.5 Å². The summed E-state index contributed by atoms with van der Waals surface area (Å²) in [6.07, 6.45) is -3.78. The van der Waals surface area contributed by atoms with E-state index in [1.165, 1.54) is 30.9 Å². The van der Waals surface area contributed by atoms with Crippen molar-refractivity contribution in [2.24, 2.45) is 0 Å². The fourth-order valence-corrected chi connectivity index (χ4v) is 3.48. The van der Waals surface area contributed by atoms with Gasteiger partial charge in [-0.1, -0.05) is 30.3 Å². The third-order valence-corrected chi connectivity index (χ3v) is 4.75. The fourth-order valence-electron chi connectivity index (χ4n) is 3.48. The molecule has 2 aromatic carbocycles. The van der Waals surface area contributed by atoms with Gasteiger partial charge in [0.1, 0.15) is 11.5 Å². The summed E-state index contributed by atoms with van der Waals surface area (Å²) in [7, 11) is 1.50. The molecule has 162 valence electrons. The first-order valence-electron chi connectivity index (χ1n) is 8.88. The van der Waals surface area contributed by atoms with E-state index < -0.39 is 6.36 Å². The summed E-state index contributed by atoms with van der Waals surface area (Å²) in [6, 6.07) is 14.6. The molecule has 1 saturated heterocycles. The summed E-state index contributed by atoms with van der Waals surface area (Å²) in [5.41, 5.74) is 1.87. The highest BCUT2D eigenvalue weighted by Gasteiger charge is 2.31. The van der Waals surface area contributed by atoms with Gasteiger partial charge in [0.25, 0.3) is 0 Å². The van der Waals surface area contributed by atoms with Gasteiger partial charge in [0, 0.05) is 30.6 Å². The van der Waals surface area contributed by atoms with Crippen molar-refractivity contribution in [1.82, 2.24) is 10.6 Å². The van der Waals surface area contributed by atoms with Gasteiger partial charge in [-0.3, -0.25) is 0 Å². The Morgan fingerprint density at radius 3 is 2.48 bits per heavy atom. The molecule has 0 aliphatic carbocycles. The minimum absolute atomic E-state index is 0.